The van der Waals surface area contributed by atoms with Gasteiger partial charge >= 0.3 is 0 Å². The first-order chi connectivity index (χ1) is 12.1. The Balaban J connectivity index is 1.54. The van der Waals surface area contributed by atoms with Crippen LogP contribution in [0, 0.1) is 0 Å². The standard InChI is InChI=1S/C19H18BrN3O2/c1-23-11-10-16(22-23)12-21-19(24)15-8-6-14(7-9-15)13-25-18-5-3-2-4-17(18)20/h2-11H,12-13H2,1H3,(H,21,24). The number of amides is 1. The molecule has 3 rings (SSSR count). The van der Waals surface area contributed by atoms with Gasteiger partial charge in [0.25, 0.3) is 5.91 Å². The van der Waals surface area contributed by atoms with Crippen molar-refractivity contribution >= 4 is 21.8 Å². The zero-order chi connectivity index (χ0) is 17.6. The molecule has 0 unspecified atom stereocenters. The van der Waals surface area contributed by atoms with Gasteiger partial charge in [-0.15, -0.1) is 0 Å². The van der Waals surface area contributed by atoms with Crippen LogP contribution in [0.25, 0.3) is 0 Å². The fourth-order valence-corrected chi connectivity index (χ4v) is 2.70. The van der Waals surface area contributed by atoms with Crippen molar-refractivity contribution in [1.29, 1.82) is 0 Å². The number of hydrogen-bond donors (Lipinski definition) is 1. The highest BCUT2D eigenvalue weighted by Gasteiger charge is 2.07. The van der Waals surface area contributed by atoms with Crippen LogP contribution in [0.15, 0.2) is 65.3 Å². The Bertz CT molecular complexity index is 859. The Morgan fingerprint density at radius 3 is 2.60 bits per heavy atom. The van der Waals surface area contributed by atoms with Crippen LogP contribution < -0.4 is 10.1 Å². The molecule has 0 saturated heterocycles. The zero-order valence-corrected chi connectivity index (χ0v) is 15.4. The van der Waals surface area contributed by atoms with E-state index in [0.717, 1.165) is 21.5 Å². The van der Waals surface area contributed by atoms with E-state index >= 15 is 0 Å². The number of benzene rings is 2. The second-order valence-corrected chi connectivity index (χ2v) is 6.43. The monoisotopic (exact) mass is 399 g/mol. The molecule has 0 fully saturated rings. The van der Waals surface area contributed by atoms with Crippen molar-refractivity contribution in [3.8, 4) is 5.75 Å². The van der Waals surface area contributed by atoms with Crippen LogP contribution in [0.3, 0.4) is 0 Å². The third kappa shape index (κ3) is 4.70. The molecule has 1 heterocycles. The van der Waals surface area contributed by atoms with Crippen molar-refractivity contribution in [3.05, 3.63) is 82.1 Å². The zero-order valence-electron chi connectivity index (χ0n) is 13.8. The summed E-state index contributed by atoms with van der Waals surface area (Å²) in [6.07, 6.45) is 1.85. The molecule has 0 saturated carbocycles. The van der Waals surface area contributed by atoms with Gasteiger partial charge in [-0.05, 0) is 51.8 Å². The summed E-state index contributed by atoms with van der Waals surface area (Å²) in [4.78, 5) is 12.2. The first kappa shape index (κ1) is 17.2. The predicted molar refractivity (Wildman–Crippen MR) is 99.3 cm³/mol. The van der Waals surface area contributed by atoms with E-state index in [4.69, 9.17) is 4.74 Å². The number of aromatic nitrogens is 2. The van der Waals surface area contributed by atoms with Gasteiger partial charge in [0, 0.05) is 18.8 Å². The lowest BCUT2D eigenvalue weighted by Crippen LogP contribution is -2.23. The van der Waals surface area contributed by atoms with Crippen molar-refractivity contribution in [1.82, 2.24) is 15.1 Å². The maximum Gasteiger partial charge on any atom is 0.251 e. The molecule has 0 bridgehead atoms. The molecule has 1 N–H and O–H groups in total. The Morgan fingerprint density at radius 1 is 1.16 bits per heavy atom. The number of para-hydroxylation sites is 1. The average molecular weight is 400 g/mol. The topological polar surface area (TPSA) is 56.2 Å². The number of nitrogens with one attached hydrogen (secondary N) is 1. The second-order valence-electron chi connectivity index (χ2n) is 5.58. The molecule has 0 spiro atoms. The van der Waals surface area contributed by atoms with Crippen molar-refractivity contribution < 1.29 is 9.53 Å². The van der Waals surface area contributed by atoms with Gasteiger partial charge in [0.05, 0.1) is 16.7 Å². The summed E-state index contributed by atoms with van der Waals surface area (Å²) in [5.74, 6) is 0.670. The van der Waals surface area contributed by atoms with Crippen LogP contribution >= 0.6 is 15.9 Å². The molecular formula is C19H18BrN3O2. The normalized spacial score (nSPS) is 10.5. The summed E-state index contributed by atoms with van der Waals surface area (Å²) in [6, 6.07) is 17.0. The number of aryl methyl sites for hydroxylation is 1. The number of hydrogen-bond acceptors (Lipinski definition) is 3. The van der Waals surface area contributed by atoms with Gasteiger partial charge < -0.3 is 10.1 Å². The van der Waals surface area contributed by atoms with E-state index in [0.29, 0.717) is 18.7 Å². The number of rotatable bonds is 6. The summed E-state index contributed by atoms with van der Waals surface area (Å²) >= 11 is 3.45. The Morgan fingerprint density at radius 2 is 1.92 bits per heavy atom. The molecule has 0 aliphatic heterocycles. The van der Waals surface area contributed by atoms with Gasteiger partial charge in [-0.25, -0.2) is 0 Å². The maximum absolute atomic E-state index is 12.2. The molecule has 6 heteroatoms. The minimum absolute atomic E-state index is 0.121. The summed E-state index contributed by atoms with van der Waals surface area (Å²) in [6.45, 7) is 0.852. The minimum Gasteiger partial charge on any atom is -0.488 e. The summed E-state index contributed by atoms with van der Waals surface area (Å²) in [5.41, 5.74) is 2.44. The fourth-order valence-electron chi connectivity index (χ4n) is 2.31. The van der Waals surface area contributed by atoms with Crippen molar-refractivity contribution in [3.63, 3.8) is 0 Å². The van der Waals surface area contributed by atoms with E-state index < -0.39 is 0 Å². The molecule has 1 aromatic heterocycles. The van der Waals surface area contributed by atoms with Crippen LogP contribution in [0.2, 0.25) is 0 Å². The van der Waals surface area contributed by atoms with Gasteiger partial charge in [-0.2, -0.15) is 5.10 Å². The number of nitrogens with zero attached hydrogens (tertiary/aromatic N) is 2. The van der Waals surface area contributed by atoms with E-state index in [2.05, 4.69) is 26.3 Å². The Labute approximate surface area is 154 Å². The number of carbonyl (C=O) groups is 1. The quantitative estimate of drug-likeness (QED) is 0.687. The van der Waals surface area contributed by atoms with Crippen LogP contribution in [-0.2, 0) is 20.2 Å². The third-order valence-electron chi connectivity index (χ3n) is 3.65. The first-order valence-electron chi connectivity index (χ1n) is 7.85. The highest BCUT2D eigenvalue weighted by atomic mass is 79.9. The van der Waals surface area contributed by atoms with Crippen LogP contribution in [-0.4, -0.2) is 15.7 Å². The smallest absolute Gasteiger partial charge is 0.251 e. The number of halogens is 1. The van der Waals surface area contributed by atoms with Gasteiger partial charge in [0.2, 0.25) is 0 Å². The van der Waals surface area contributed by atoms with E-state index in [1.807, 2.05) is 55.7 Å². The molecule has 2 aromatic carbocycles. The number of carbonyl (C=O) groups excluding carboxylic acids is 1. The van der Waals surface area contributed by atoms with Crippen LogP contribution in [0.4, 0.5) is 0 Å². The average Bonchev–Trinajstić information content (AvgIpc) is 3.05. The highest BCUT2D eigenvalue weighted by molar-refractivity contribution is 9.10. The fraction of sp³-hybridized carbons (Fsp3) is 0.158. The first-order valence-corrected chi connectivity index (χ1v) is 8.64. The Kier molecular flexibility index (Phi) is 5.50. The van der Waals surface area contributed by atoms with E-state index in [9.17, 15) is 4.79 Å². The van der Waals surface area contributed by atoms with Crippen molar-refractivity contribution in [2.75, 3.05) is 0 Å². The second kappa shape index (κ2) is 7.98. The minimum atomic E-state index is -0.121. The third-order valence-corrected chi connectivity index (χ3v) is 4.30. The molecule has 1 amide bonds. The highest BCUT2D eigenvalue weighted by Crippen LogP contribution is 2.24. The lowest BCUT2D eigenvalue weighted by molar-refractivity contribution is 0.0950. The van der Waals surface area contributed by atoms with Gasteiger partial charge in [-0.3, -0.25) is 9.48 Å². The Hall–Kier alpha value is -2.60. The molecule has 0 aliphatic carbocycles. The molecule has 0 aliphatic rings. The van der Waals surface area contributed by atoms with Crippen molar-refractivity contribution in [2.24, 2.45) is 7.05 Å². The molecule has 0 atom stereocenters. The molecule has 128 valence electrons. The largest absolute Gasteiger partial charge is 0.488 e. The lowest BCUT2D eigenvalue weighted by Gasteiger charge is -2.09. The van der Waals surface area contributed by atoms with E-state index in [1.165, 1.54) is 0 Å². The summed E-state index contributed by atoms with van der Waals surface area (Å²) in [7, 11) is 1.85. The maximum atomic E-state index is 12.2. The van der Waals surface area contributed by atoms with Crippen LogP contribution in [0.1, 0.15) is 21.6 Å². The molecule has 25 heavy (non-hydrogen) atoms. The van der Waals surface area contributed by atoms with Gasteiger partial charge in [0.15, 0.2) is 0 Å². The molecular weight excluding hydrogens is 382 g/mol. The summed E-state index contributed by atoms with van der Waals surface area (Å²) < 4.78 is 8.40. The van der Waals surface area contributed by atoms with Crippen molar-refractivity contribution in [2.45, 2.75) is 13.2 Å². The molecule has 3 aromatic rings. The summed E-state index contributed by atoms with van der Waals surface area (Å²) in [5, 5.41) is 7.09. The van der Waals surface area contributed by atoms with Gasteiger partial charge in [0.1, 0.15) is 12.4 Å². The predicted octanol–water partition coefficient (Wildman–Crippen LogP) is 3.69. The lowest BCUT2D eigenvalue weighted by atomic mass is 10.1. The molecule has 5 nitrogen and oxygen atoms in total. The SMILES string of the molecule is Cn1ccc(CNC(=O)c2ccc(COc3ccccc3Br)cc2)n1. The van der Waals surface area contributed by atoms with E-state index in [-0.39, 0.29) is 5.91 Å². The van der Waals surface area contributed by atoms with E-state index in [1.54, 1.807) is 16.8 Å². The van der Waals surface area contributed by atoms with Gasteiger partial charge in [-0.1, -0.05) is 24.3 Å². The molecule has 0 radical (unpaired) electrons. The van der Waals surface area contributed by atoms with Crippen LogP contribution in [0.5, 0.6) is 5.75 Å². The number of ether oxygens (including phenoxy) is 1.